The number of carbonyl (C=O) groups excluding carboxylic acids is 2. The predicted molar refractivity (Wildman–Crippen MR) is 94.2 cm³/mol. The van der Waals surface area contributed by atoms with Gasteiger partial charge in [0, 0.05) is 0 Å². The molecule has 2 heterocycles. The molecule has 2 fully saturated rings. The predicted octanol–water partition coefficient (Wildman–Crippen LogP) is 2.95. The zero-order valence-corrected chi connectivity index (χ0v) is 14.8. The van der Waals surface area contributed by atoms with Gasteiger partial charge in [-0.15, -0.1) is 0 Å². The second kappa shape index (κ2) is 8.28. The lowest BCUT2D eigenvalue weighted by Gasteiger charge is -2.17. The number of benzene rings is 2. The van der Waals surface area contributed by atoms with Crippen LogP contribution < -0.4 is 9.47 Å². The Labute approximate surface area is 160 Å². The maximum Gasteiger partial charge on any atom is 0.514 e. The van der Waals surface area contributed by atoms with Gasteiger partial charge in [-0.1, -0.05) is 36.4 Å². The molecular formula is C20H18O8. The van der Waals surface area contributed by atoms with Gasteiger partial charge in [-0.3, -0.25) is 0 Å². The molecule has 0 aliphatic carbocycles. The van der Waals surface area contributed by atoms with Crippen molar-refractivity contribution in [3.63, 3.8) is 0 Å². The molecule has 2 aromatic rings. The average molecular weight is 386 g/mol. The fourth-order valence-corrected chi connectivity index (χ4v) is 3.10. The van der Waals surface area contributed by atoms with E-state index >= 15 is 0 Å². The van der Waals surface area contributed by atoms with E-state index in [-0.39, 0.29) is 13.2 Å². The van der Waals surface area contributed by atoms with Gasteiger partial charge >= 0.3 is 12.3 Å². The number of hydrogen-bond donors (Lipinski definition) is 0. The minimum Gasteiger partial charge on any atom is -0.425 e. The Balaban J connectivity index is 1.28. The van der Waals surface area contributed by atoms with E-state index in [2.05, 4.69) is 0 Å². The van der Waals surface area contributed by atoms with Crippen LogP contribution in [0, 0.1) is 0 Å². The lowest BCUT2D eigenvalue weighted by molar-refractivity contribution is -0.0274. The summed E-state index contributed by atoms with van der Waals surface area (Å²) < 4.78 is 32.0. The highest BCUT2D eigenvalue weighted by atomic mass is 16.8. The summed E-state index contributed by atoms with van der Waals surface area (Å²) in [5.74, 6) is 0.750. The minimum absolute atomic E-state index is 0.118. The van der Waals surface area contributed by atoms with Gasteiger partial charge in [0.1, 0.15) is 23.7 Å². The summed E-state index contributed by atoms with van der Waals surface area (Å²) in [4.78, 5) is 23.9. The maximum absolute atomic E-state index is 12.0. The van der Waals surface area contributed by atoms with Crippen LogP contribution in [0.2, 0.25) is 0 Å². The molecule has 4 atom stereocenters. The first-order valence-electron chi connectivity index (χ1n) is 8.79. The van der Waals surface area contributed by atoms with E-state index in [9.17, 15) is 9.59 Å². The fraction of sp³-hybridized carbons (Fsp3) is 0.300. The Morgan fingerprint density at radius 1 is 0.679 bits per heavy atom. The van der Waals surface area contributed by atoms with Crippen molar-refractivity contribution >= 4 is 12.3 Å². The molecule has 0 amide bonds. The largest absolute Gasteiger partial charge is 0.514 e. The molecule has 2 saturated heterocycles. The molecule has 0 unspecified atom stereocenters. The summed E-state index contributed by atoms with van der Waals surface area (Å²) in [6.07, 6.45) is -4.09. The molecule has 0 N–H and O–H groups in total. The van der Waals surface area contributed by atoms with E-state index in [4.69, 9.17) is 28.4 Å². The molecule has 2 aliphatic heterocycles. The van der Waals surface area contributed by atoms with Crippen LogP contribution in [0.1, 0.15) is 0 Å². The number of ether oxygens (including phenoxy) is 6. The molecule has 0 radical (unpaired) electrons. The van der Waals surface area contributed by atoms with Crippen LogP contribution in [0.5, 0.6) is 11.5 Å². The van der Waals surface area contributed by atoms with E-state index in [0.29, 0.717) is 11.5 Å². The SMILES string of the molecule is O=C(Oc1ccccc1)O[C@@H]1CO[C@H]2[C@@H]1OC[C@H]2OC(=O)Oc1ccccc1. The smallest absolute Gasteiger partial charge is 0.425 e. The highest BCUT2D eigenvalue weighted by Gasteiger charge is 2.51. The summed E-state index contributed by atoms with van der Waals surface area (Å²) in [7, 11) is 0. The van der Waals surface area contributed by atoms with Crippen molar-refractivity contribution in [3.8, 4) is 11.5 Å². The number of fused-ring (bicyclic) bond motifs is 1. The van der Waals surface area contributed by atoms with E-state index in [1.165, 1.54) is 0 Å². The van der Waals surface area contributed by atoms with Crippen molar-refractivity contribution in [2.45, 2.75) is 24.4 Å². The molecule has 2 aromatic carbocycles. The first-order chi connectivity index (χ1) is 13.7. The molecule has 4 rings (SSSR count). The molecule has 0 bridgehead atoms. The normalized spacial score (nSPS) is 25.6. The second-order valence-electron chi connectivity index (χ2n) is 6.24. The first kappa shape index (κ1) is 18.3. The Hall–Kier alpha value is -3.10. The van der Waals surface area contributed by atoms with Gasteiger partial charge in [-0.05, 0) is 24.3 Å². The lowest BCUT2D eigenvalue weighted by Crippen LogP contribution is -2.36. The average Bonchev–Trinajstić information content (AvgIpc) is 3.27. The lowest BCUT2D eigenvalue weighted by atomic mass is 10.1. The van der Waals surface area contributed by atoms with Crippen molar-refractivity contribution in [2.75, 3.05) is 13.2 Å². The van der Waals surface area contributed by atoms with Gasteiger partial charge in [0.25, 0.3) is 0 Å². The Kier molecular flexibility index (Phi) is 5.41. The minimum atomic E-state index is -0.850. The first-order valence-corrected chi connectivity index (χ1v) is 8.79. The summed E-state index contributed by atoms with van der Waals surface area (Å²) >= 11 is 0. The molecular weight excluding hydrogens is 368 g/mol. The molecule has 8 heteroatoms. The van der Waals surface area contributed by atoms with Crippen LogP contribution in [0.25, 0.3) is 0 Å². The third kappa shape index (κ3) is 4.24. The van der Waals surface area contributed by atoms with Gasteiger partial charge in [0.15, 0.2) is 12.2 Å². The number of hydrogen-bond acceptors (Lipinski definition) is 8. The molecule has 2 aliphatic rings. The van der Waals surface area contributed by atoms with Gasteiger partial charge in [-0.2, -0.15) is 0 Å². The number of carbonyl (C=O) groups is 2. The second-order valence-corrected chi connectivity index (χ2v) is 6.24. The molecule has 28 heavy (non-hydrogen) atoms. The van der Waals surface area contributed by atoms with Crippen molar-refractivity contribution in [1.29, 1.82) is 0 Å². The molecule has 0 saturated carbocycles. The highest BCUT2D eigenvalue weighted by Crippen LogP contribution is 2.31. The van der Waals surface area contributed by atoms with Crippen molar-refractivity contribution in [3.05, 3.63) is 60.7 Å². The Bertz CT molecular complexity index is 740. The van der Waals surface area contributed by atoms with Crippen LogP contribution in [0.3, 0.4) is 0 Å². The maximum atomic E-state index is 12.0. The Morgan fingerprint density at radius 2 is 1.07 bits per heavy atom. The molecule has 0 spiro atoms. The van der Waals surface area contributed by atoms with Crippen LogP contribution in [0.4, 0.5) is 9.59 Å². The zero-order valence-electron chi connectivity index (χ0n) is 14.8. The van der Waals surface area contributed by atoms with E-state index in [1.54, 1.807) is 48.5 Å². The fourth-order valence-electron chi connectivity index (χ4n) is 3.10. The monoisotopic (exact) mass is 386 g/mol. The number of rotatable bonds is 4. The quantitative estimate of drug-likeness (QED) is 0.585. The molecule has 0 aromatic heterocycles. The zero-order chi connectivity index (χ0) is 19.3. The van der Waals surface area contributed by atoms with Gasteiger partial charge in [-0.25, -0.2) is 9.59 Å². The number of para-hydroxylation sites is 2. The highest BCUT2D eigenvalue weighted by molar-refractivity contribution is 5.64. The van der Waals surface area contributed by atoms with Crippen LogP contribution in [-0.4, -0.2) is 49.9 Å². The summed E-state index contributed by atoms with van der Waals surface area (Å²) in [5.41, 5.74) is 0. The molecule has 8 nitrogen and oxygen atoms in total. The van der Waals surface area contributed by atoms with Crippen LogP contribution >= 0.6 is 0 Å². The van der Waals surface area contributed by atoms with Crippen molar-refractivity contribution in [1.82, 2.24) is 0 Å². The van der Waals surface area contributed by atoms with E-state index < -0.39 is 36.7 Å². The van der Waals surface area contributed by atoms with Crippen molar-refractivity contribution < 1.29 is 38.0 Å². The van der Waals surface area contributed by atoms with Crippen LogP contribution in [-0.2, 0) is 18.9 Å². The third-order valence-corrected chi connectivity index (χ3v) is 4.35. The van der Waals surface area contributed by atoms with E-state index in [1.807, 2.05) is 12.1 Å². The van der Waals surface area contributed by atoms with Crippen molar-refractivity contribution in [2.24, 2.45) is 0 Å². The van der Waals surface area contributed by atoms with Gasteiger partial charge < -0.3 is 28.4 Å². The van der Waals surface area contributed by atoms with E-state index in [0.717, 1.165) is 0 Å². The molecule has 146 valence electrons. The van der Waals surface area contributed by atoms with Crippen LogP contribution in [0.15, 0.2) is 60.7 Å². The Morgan fingerprint density at radius 3 is 1.46 bits per heavy atom. The summed E-state index contributed by atoms with van der Waals surface area (Å²) in [6, 6.07) is 17.2. The van der Waals surface area contributed by atoms with Gasteiger partial charge in [0.2, 0.25) is 0 Å². The topological polar surface area (TPSA) is 89.5 Å². The van der Waals surface area contributed by atoms with Gasteiger partial charge in [0.05, 0.1) is 13.2 Å². The summed E-state index contributed by atoms with van der Waals surface area (Å²) in [5, 5.41) is 0. The standard InChI is InChI=1S/C20H18O8/c21-19(25-13-7-3-1-4-8-13)27-15-11-23-18-16(12-24-17(15)18)28-20(22)26-14-9-5-2-6-10-14/h1-10,15-18H,11-12H2/t15-,16-,17-,18-/m1/s1. The summed E-state index contributed by atoms with van der Waals surface area (Å²) in [6.45, 7) is 0.236. The third-order valence-electron chi connectivity index (χ3n) is 4.35.